The minimum Gasteiger partial charge on any atom is -0.441 e. The number of anilines is 1. The van der Waals surface area contributed by atoms with Crippen molar-refractivity contribution in [2.75, 3.05) is 5.32 Å². The number of amides is 1. The number of ether oxygens (including phenoxy) is 1. The van der Waals surface area contributed by atoms with E-state index in [-0.39, 0.29) is 6.10 Å². The molecule has 0 saturated carbocycles. The molecule has 1 aromatic heterocycles. The average molecular weight is 415 g/mol. The lowest BCUT2D eigenvalue weighted by molar-refractivity contribution is 0.121. The summed E-state index contributed by atoms with van der Waals surface area (Å²) in [5.74, 6) is 0.513. The smallest absolute Gasteiger partial charge is 0.412 e. The Morgan fingerprint density at radius 1 is 1.19 bits per heavy atom. The number of halogens is 1. The molecule has 0 bridgehead atoms. The Hall–Kier alpha value is -2.60. The van der Waals surface area contributed by atoms with Gasteiger partial charge in [0, 0.05) is 10.0 Å². The molecule has 0 saturated heterocycles. The average Bonchev–Trinajstić information content (AvgIpc) is 3.05. The predicted molar refractivity (Wildman–Crippen MR) is 104 cm³/mol. The van der Waals surface area contributed by atoms with Crippen molar-refractivity contribution in [1.29, 1.82) is 0 Å². The number of carbonyl (C=O) groups is 1. The summed E-state index contributed by atoms with van der Waals surface area (Å²) in [6.07, 6.45) is -0.279. The van der Waals surface area contributed by atoms with Crippen molar-refractivity contribution < 1.29 is 14.1 Å². The summed E-state index contributed by atoms with van der Waals surface area (Å²) in [6, 6.07) is 17.2. The highest BCUT2D eigenvalue weighted by atomic mass is 79.9. The van der Waals surface area contributed by atoms with Crippen LogP contribution in [0, 0.1) is 0 Å². The van der Waals surface area contributed by atoms with Gasteiger partial charge in [-0.1, -0.05) is 58.3 Å². The van der Waals surface area contributed by atoms with Gasteiger partial charge < -0.3 is 9.26 Å². The molecule has 1 unspecified atom stereocenters. The zero-order valence-corrected chi connectivity index (χ0v) is 16.1. The number of nitrogens with one attached hydrogen (secondary N) is 1. The van der Waals surface area contributed by atoms with Crippen LogP contribution in [0.2, 0.25) is 0 Å². The number of hydrogen-bond acceptors (Lipinski definition) is 4. The number of rotatable bonds is 5. The van der Waals surface area contributed by atoms with Crippen LogP contribution in [0.1, 0.15) is 31.2 Å². The Morgan fingerprint density at radius 3 is 2.54 bits per heavy atom. The van der Waals surface area contributed by atoms with Crippen molar-refractivity contribution in [2.24, 2.45) is 0 Å². The summed E-state index contributed by atoms with van der Waals surface area (Å²) in [7, 11) is 0. The van der Waals surface area contributed by atoms with E-state index in [2.05, 4.69) is 26.4 Å². The van der Waals surface area contributed by atoms with Crippen molar-refractivity contribution in [3.63, 3.8) is 0 Å². The lowest BCUT2D eigenvalue weighted by atomic mass is 10.1. The first-order valence-electron chi connectivity index (χ1n) is 8.35. The van der Waals surface area contributed by atoms with E-state index in [4.69, 9.17) is 9.26 Å². The second-order valence-corrected chi connectivity index (χ2v) is 6.69. The molecule has 0 radical (unpaired) electrons. The van der Waals surface area contributed by atoms with E-state index in [0.717, 1.165) is 15.6 Å². The first kappa shape index (κ1) is 18.2. The third kappa shape index (κ3) is 4.14. The molecule has 6 heteroatoms. The van der Waals surface area contributed by atoms with Crippen LogP contribution in [0.5, 0.6) is 0 Å². The minimum absolute atomic E-state index is 0.364. The molecule has 1 amide bonds. The molecule has 3 aromatic rings. The summed E-state index contributed by atoms with van der Waals surface area (Å²) < 4.78 is 11.9. The molecule has 1 atom stereocenters. The van der Waals surface area contributed by atoms with Gasteiger partial charge in [-0.05, 0) is 43.2 Å². The Kier molecular flexibility index (Phi) is 5.73. The Morgan fingerprint density at radius 2 is 1.88 bits per heavy atom. The number of aryl methyl sites for hydroxylation is 1. The van der Waals surface area contributed by atoms with E-state index in [1.54, 1.807) is 0 Å². The molecule has 0 aliphatic carbocycles. The summed E-state index contributed by atoms with van der Waals surface area (Å²) in [5.41, 5.74) is 2.97. The van der Waals surface area contributed by atoms with Gasteiger partial charge in [-0.3, -0.25) is 5.32 Å². The highest BCUT2D eigenvalue weighted by Gasteiger charge is 2.20. The monoisotopic (exact) mass is 414 g/mol. The van der Waals surface area contributed by atoms with Gasteiger partial charge >= 0.3 is 6.09 Å². The van der Waals surface area contributed by atoms with Gasteiger partial charge in [-0.25, -0.2) is 4.79 Å². The zero-order valence-electron chi connectivity index (χ0n) is 14.5. The third-order valence-electron chi connectivity index (χ3n) is 3.98. The molecule has 0 aliphatic rings. The summed E-state index contributed by atoms with van der Waals surface area (Å²) in [5, 5.41) is 6.86. The summed E-state index contributed by atoms with van der Waals surface area (Å²) in [6.45, 7) is 3.78. The van der Waals surface area contributed by atoms with E-state index in [1.807, 2.05) is 68.4 Å². The van der Waals surface area contributed by atoms with Crippen LogP contribution in [-0.4, -0.2) is 11.2 Å². The molecule has 1 N–H and O–H groups in total. The lowest BCUT2D eigenvalue weighted by Crippen LogP contribution is -2.17. The van der Waals surface area contributed by atoms with Gasteiger partial charge in [0.1, 0.15) is 17.5 Å². The van der Waals surface area contributed by atoms with Gasteiger partial charge in [-0.15, -0.1) is 0 Å². The predicted octanol–water partition coefficient (Wildman–Crippen LogP) is 5.98. The fourth-order valence-corrected chi connectivity index (χ4v) is 2.84. The van der Waals surface area contributed by atoms with E-state index < -0.39 is 6.09 Å². The maximum atomic E-state index is 12.4. The number of hydrogen-bond donors (Lipinski definition) is 1. The molecular formula is C20H19BrN2O3. The standard InChI is InChI=1S/C20H19BrN2O3/c1-3-17-18(19(26-23-17)15-9-11-16(21)12-10-15)22-20(24)25-13(2)14-7-5-4-6-8-14/h4-13H,3H2,1-2H3,(H,22,24). The van der Waals surface area contributed by atoms with E-state index in [9.17, 15) is 4.79 Å². The molecule has 0 spiro atoms. The topological polar surface area (TPSA) is 64.4 Å². The van der Waals surface area contributed by atoms with E-state index in [1.165, 1.54) is 0 Å². The first-order valence-corrected chi connectivity index (χ1v) is 9.14. The number of benzene rings is 2. The molecule has 134 valence electrons. The molecule has 1 heterocycles. The van der Waals surface area contributed by atoms with Crippen LogP contribution >= 0.6 is 15.9 Å². The van der Waals surface area contributed by atoms with E-state index in [0.29, 0.717) is 23.6 Å². The number of aromatic nitrogens is 1. The second-order valence-electron chi connectivity index (χ2n) is 5.78. The van der Waals surface area contributed by atoms with Crippen LogP contribution in [-0.2, 0) is 11.2 Å². The molecule has 5 nitrogen and oxygen atoms in total. The third-order valence-corrected chi connectivity index (χ3v) is 4.51. The van der Waals surface area contributed by atoms with Crippen LogP contribution in [0.15, 0.2) is 63.6 Å². The van der Waals surface area contributed by atoms with E-state index >= 15 is 0 Å². The van der Waals surface area contributed by atoms with Gasteiger partial charge in [0.25, 0.3) is 0 Å². The number of carbonyl (C=O) groups excluding carboxylic acids is 1. The molecule has 3 rings (SSSR count). The van der Waals surface area contributed by atoms with Crippen LogP contribution < -0.4 is 5.32 Å². The van der Waals surface area contributed by atoms with Gasteiger partial charge in [-0.2, -0.15) is 0 Å². The number of nitrogens with zero attached hydrogens (tertiary/aromatic N) is 1. The zero-order chi connectivity index (χ0) is 18.5. The van der Waals surface area contributed by atoms with Crippen LogP contribution in [0.25, 0.3) is 11.3 Å². The Bertz CT molecular complexity index is 876. The van der Waals surface area contributed by atoms with Crippen molar-refractivity contribution >= 4 is 27.7 Å². The van der Waals surface area contributed by atoms with Crippen molar-refractivity contribution in [3.05, 3.63) is 70.3 Å². The fourth-order valence-electron chi connectivity index (χ4n) is 2.58. The largest absolute Gasteiger partial charge is 0.441 e. The van der Waals surface area contributed by atoms with Gasteiger partial charge in [0.05, 0.1) is 0 Å². The SMILES string of the molecule is CCc1noc(-c2ccc(Br)cc2)c1NC(=O)OC(C)c1ccccc1. The molecule has 26 heavy (non-hydrogen) atoms. The Balaban J connectivity index is 1.79. The summed E-state index contributed by atoms with van der Waals surface area (Å²) >= 11 is 3.41. The van der Waals surface area contributed by atoms with Gasteiger partial charge in [0.2, 0.25) is 0 Å². The maximum Gasteiger partial charge on any atom is 0.412 e. The molecule has 2 aromatic carbocycles. The normalized spacial score (nSPS) is 11.8. The molecule has 0 aliphatic heterocycles. The highest BCUT2D eigenvalue weighted by Crippen LogP contribution is 2.32. The van der Waals surface area contributed by atoms with Crippen molar-refractivity contribution in [3.8, 4) is 11.3 Å². The van der Waals surface area contributed by atoms with Crippen molar-refractivity contribution in [2.45, 2.75) is 26.4 Å². The Labute approximate surface area is 160 Å². The first-order chi connectivity index (χ1) is 12.6. The highest BCUT2D eigenvalue weighted by molar-refractivity contribution is 9.10. The van der Waals surface area contributed by atoms with Gasteiger partial charge in [0.15, 0.2) is 5.76 Å². The minimum atomic E-state index is -0.544. The van der Waals surface area contributed by atoms with Crippen molar-refractivity contribution in [1.82, 2.24) is 5.16 Å². The lowest BCUT2D eigenvalue weighted by Gasteiger charge is -2.14. The van der Waals surface area contributed by atoms with Crippen LogP contribution in [0.3, 0.4) is 0 Å². The van der Waals surface area contributed by atoms with Crippen LogP contribution in [0.4, 0.5) is 10.5 Å². The molecule has 0 fully saturated rings. The quantitative estimate of drug-likeness (QED) is 0.557. The fraction of sp³-hybridized carbons (Fsp3) is 0.200. The second kappa shape index (κ2) is 8.19. The molecular weight excluding hydrogens is 396 g/mol. The maximum absolute atomic E-state index is 12.4. The summed E-state index contributed by atoms with van der Waals surface area (Å²) in [4.78, 5) is 12.4.